The lowest BCUT2D eigenvalue weighted by atomic mass is 10.0. The molecule has 0 aromatic heterocycles. The van der Waals surface area contributed by atoms with Crippen molar-refractivity contribution in [2.24, 2.45) is 0 Å². The van der Waals surface area contributed by atoms with Gasteiger partial charge in [-0.2, -0.15) is 0 Å². The molecule has 1 amide bonds. The van der Waals surface area contributed by atoms with E-state index in [2.05, 4.69) is 31.0 Å². The first-order valence-corrected chi connectivity index (χ1v) is 5.74. The van der Waals surface area contributed by atoms with Crippen molar-refractivity contribution in [1.29, 1.82) is 0 Å². The molecule has 0 radical (unpaired) electrons. The highest BCUT2D eigenvalue weighted by Crippen LogP contribution is 2.20. The summed E-state index contributed by atoms with van der Waals surface area (Å²) in [5.74, 6) is 0.294. The smallest absolute Gasteiger partial charge is 0.237 e. The maximum Gasteiger partial charge on any atom is 0.237 e. The van der Waals surface area contributed by atoms with Crippen LogP contribution in [-0.2, 0) is 4.79 Å². The van der Waals surface area contributed by atoms with Crippen LogP contribution >= 0.6 is 0 Å². The van der Waals surface area contributed by atoms with Gasteiger partial charge in [0.05, 0.1) is 12.6 Å². The fraction of sp³-hybridized carbons (Fsp3) is 0.909. The highest BCUT2D eigenvalue weighted by Gasteiger charge is 2.37. The minimum atomic E-state index is 0.0964. The first kappa shape index (κ1) is 10.9. The normalized spacial score (nSPS) is 29.1. The molecule has 86 valence electrons. The molecular formula is C11H21N3O. The van der Waals surface area contributed by atoms with Gasteiger partial charge in [-0.15, -0.1) is 0 Å². The summed E-state index contributed by atoms with van der Waals surface area (Å²) in [4.78, 5) is 16.3. The number of nitrogens with one attached hydrogen (secondary N) is 1. The monoisotopic (exact) mass is 211 g/mol. The number of hydrogen-bond donors (Lipinski definition) is 1. The average Bonchev–Trinajstić information content (AvgIpc) is 2.16. The van der Waals surface area contributed by atoms with Crippen molar-refractivity contribution in [2.45, 2.75) is 32.4 Å². The zero-order valence-corrected chi connectivity index (χ0v) is 9.92. The van der Waals surface area contributed by atoms with Crippen LogP contribution in [0.25, 0.3) is 0 Å². The Morgan fingerprint density at radius 3 is 2.80 bits per heavy atom. The number of rotatable bonds is 0. The van der Waals surface area contributed by atoms with Gasteiger partial charge < -0.3 is 10.2 Å². The lowest BCUT2D eigenvalue weighted by molar-refractivity contribution is -0.143. The van der Waals surface area contributed by atoms with Crippen LogP contribution in [0.15, 0.2) is 0 Å². The summed E-state index contributed by atoms with van der Waals surface area (Å²) in [7, 11) is 0. The molecule has 4 heteroatoms. The third-order valence-corrected chi connectivity index (χ3v) is 3.38. The van der Waals surface area contributed by atoms with Crippen molar-refractivity contribution in [3.63, 3.8) is 0 Å². The zero-order valence-electron chi connectivity index (χ0n) is 9.92. The molecule has 0 bridgehead atoms. The molecule has 1 atom stereocenters. The predicted octanol–water partition coefficient (Wildman–Crippen LogP) is -0.0991. The van der Waals surface area contributed by atoms with Gasteiger partial charge in [-0.25, -0.2) is 0 Å². The van der Waals surface area contributed by atoms with Crippen LogP contribution < -0.4 is 5.32 Å². The fourth-order valence-electron chi connectivity index (χ4n) is 2.34. The van der Waals surface area contributed by atoms with E-state index in [9.17, 15) is 4.79 Å². The van der Waals surface area contributed by atoms with Gasteiger partial charge in [0.2, 0.25) is 5.91 Å². The third-order valence-electron chi connectivity index (χ3n) is 3.38. The van der Waals surface area contributed by atoms with Crippen LogP contribution in [0, 0.1) is 0 Å². The van der Waals surface area contributed by atoms with E-state index in [0.717, 1.165) is 26.2 Å². The molecule has 2 fully saturated rings. The van der Waals surface area contributed by atoms with Crippen molar-refractivity contribution in [2.75, 3.05) is 32.7 Å². The van der Waals surface area contributed by atoms with Gasteiger partial charge in [-0.1, -0.05) is 0 Å². The van der Waals surface area contributed by atoms with Gasteiger partial charge in [0, 0.05) is 31.7 Å². The second kappa shape index (κ2) is 3.76. The quantitative estimate of drug-likeness (QED) is 0.608. The van der Waals surface area contributed by atoms with Crippen molar-refractivity contribution >= 4 is 5.91 Å². The maximum atomic E-state index is 11.9. The molecule has 0 spiro atoms. The van der Waals surface area contributed by atoms with Crippen molar-refractivity contribution in [3.05, 3.63) is 0 Å². The summed E-state index contributed by atoms with van der Waals surface area (Å²) in [5, 5.41) is 3.36. The lowest BCUT2D eigenvalue weighted by Gasteiger charge is -2.48. The van der Waals surface area contributed by atoms with Crippen LogP contribution in [0.5, 0.6) is 0 Å². The number of hydrogen-bond acceptors (Lipinski definition) is 3. The molecule has 4 nitrogen and oxygen atoms in total. The lowest BCUT2D eigenvalue weighted by Crippen LogP contribution is -2.66. The van der Waals surface area contributed by atoms with Gasteiger partial charge in [0.15, 0.2) is 0 Å². The number of piperazine rings is 2. The second-order valence-electron chi connectivity index (χ2n) is 5.50. The van der Waals surface area contributed by atoms with E-state index in [1.54, 1.807) is 0 Å². The van der Waals surface area contributed by atoms with Gasteiger partial charge >= 0.3 is 0 Å². The van der Waals surface area contributed by atoms with Gasteiger partial charge in [0.25, 0.3) is 0 Å². The number of amides is 1. The van der Waals surface area contributed by atoms with Gasteiger partial charge in [0.1, 0.15) is 0 Å². The molecule has 2 rings (SSSR count). The SMILES string of the molecule is CC(C)(C)N1CC(=O)N2CCNCC2C1. The third kappa shape index (κ3) is 2.16. The van der Waals surface area contributed by atoms with Gasteiger partial charge in [-0.05, 0) is 20.8 Å². The molecule has 0 saturated carbocycles. The van der Waals surface area contributed by atoms with Gasteiger partial charge in [-0.3, -0.25) is 9.69 Å². The summed E-state index contributed by atoms with van der Waals surface area (Å²) >= 11 is 0. The topological polar surface area (TPSA) is 35.6 Å². The number of carbonyl (C=O) groups is 1. The Hall–Kier alpha value is -0.610. The molecule has 2 aliphatic heterocycles. The minimum Gasteiger partial charge on any atom is -0.335 e. The Balaban J connectivity index is 2.08. The van der Waals surface area contributed by atoms with Crippen LogP contribution in [0.3, 0.4) is 0 Å². The number of nitrogens with zero attached hydrogens (tertiary/aromatic N) is 2. The van der Waals surface area contributed by atoms with E-state index in [1.165, 1.54) is 0 Å². The number of fused-ring (bicyclic) bond motifs is 1. The average molecular weight is 211 g/mol. The van der Waals surface area contributed by atoms with Crippen molar-refractivity contribution in [1.82, 2.24) is 15.1 Å². The van der Waals surface area contributed by atoms with E-state index in [-0.39, 0.29) is 5.54 Å². The Morgan fingerprint density at radius 1 is 1.40 bits per heavy atom. The fourth-order valence-corrected chi connectivity index (χ4v) is 2.34. The molecule has 0 aromatic carbocycles. The zero-order chi connectivity index (χ0) is 11.1. The standard InChI is InChI=1S/C11H21N3O/c1-11(2,3)13-7-9-6-12-4-5-14(9)10(15)8-13/h9,12H,4-8H2,1-3H3. The molecule has 2 aliphatic rings. The first-order chi connectivity index (χ1) is 6.98. The predicted molar refractivity (Wildman–Crippen MR) is 59.7 cm³/mol. The van der Waals surface area contributed by atoms with E-state index >= 15 is 0 Å². The molecule has 1 N–H and O–H groups in total. The summed E-state index contributed by atoms with van der Waals surface area (Å²) in [6.07, 6.45) is 0. The van der Waals surface area contributed by atoms with Crippen LogP contribution in [0.4, 0.5) is 0 Å². The van der Waals surface area contributed by atoms with E-state index < -0.39 is 0 Å². The second-order valence-corrected chi connectivity index (χ2v) is 5.50. The molecular weight excluding hydrogens is 190 g/mol. The Labute approximate surface area is 91.6 Å². The molecule has 15 heavy (non-hydrogen) atoms. The summed E-state index contributed by atoms with van der Waals surface area (Å²) in [5.41, 5.74) is 0.0964. The molecule has 0 aromatic rings. The van der Waals surface area contributed by atoms with Crippen LogP contribution in [0.1, 0.15) is 20.8 Å². The van der Waals surface area contributed by atoms with Crippen LogP contribution in [0.2, 0.25) is 0 Å². The largest absolute Gasteiger partial charge is 0.335 e. The Bertz CT molecular complexity index is 259. The van der Waals surface area contributed by atoms with Crippen LogP contribution in [-0.4, -0.2) is 60.0 Å². The van der Waals surface area contributed by atoms with E-state index in [1.807, 2.05) is 4.90 Å². The van der Waals surface area contributed by atoms with Crippen molar-refractivity contribution in [3.8, 4) is 0 Å². The Kier molecular flexibility index (Phi) is 2.73. The molecule has 0 aliphatic carbocycles. The number of carbonyl (C=O) groups excluding carboxylic acids is 1. The summed E-state index contributed by atoms with van der Waals surface area (Å²) in [6.45, 7) is 10.9. The summed E-state index contributed by atoms with van der Waals surface area (Å²) < 4.78 is 0. The molecule has 2 heterocycles. The van der Waals surface area contributed by atoms with E-state index in [0.29, 0.717) is 18.5 Å². The molecule has 1 unspecified atom stereocenters. The maximum absolute atomic E-state index is 11.9. The highest BCUT2D eigenvalue weighted by atomic mass is 16.2. The van der Waals surface area contributed by atoms with Crippen molar-refractivity contribution < 1.29 is 4.79 Å². The molecule has 2 saturated heterocycles. The first-order valence-electron chi connectivity index (χ1n) is 5.74. The highest BCUT2D eigenvalue weighted by molar-refractivity contribution is 5.79. The minimum absolute atomic E-state index is 0.0964. The Morgan fingerprint density at radius 2 is 2.13 bits per heavy atom. The van der Waals surface area contributed by atoms with E-state index in [4.69, 9.17) is 0 Å². The summed E-state index contributed by atoms with van der Waals surface area (Å²) in [6, 6.07) is 0.374.